The van der Waals surface area contributed by atoms with Crippen molar-refractivity contribution < 1.29 is 9.47 Å². The monoisotopic (exact) mass is 403 g/mol. The maximum Gasteiger partial charge on any atom is 0.195 e. The number of ether oxygens (including phenoxy) is 2. The van der Waals surface area contributed by atoms with Crippen molar-refractivity contribution in [3.8, 4) is 11.5 Å². The fourth-order valence-electron chi connectivity index (χ4n) is 3.11. The molecule has 0 aliphatic carbocycles. The van der Waals surface area contributed by atoms with Crippen molar-refractivity contribution in [1.82, 2.24) is 10.3 Å². The Morgan fingerprint density at radius 3 is 2.82 bits per heavy atom. The molecule has 0 bridgehead atoms. The number of hydrogen-bond donors (Lipinski definition) is 2. The average Bonchev–Trinajstić information content (AvgIpc) is 3.40. The minimum atomic E-state index is 0.600. The molecular formula is C20H29N5O2S. The summed E-state index contributed by atoms with van der Waals surface area (Å²) >= 11 is 1.74. The van der Waals surface area contributed by atoms with Crippen molar-refractivity contribution >= 4 is 28.1 Å². The largest absolute Gasteiger partial charge is 0.493 e. The number of hydrogen-bond acceptors (Lipinski definition) is 6. The summed E-state index contributed by atoms with van der Waals surface area (Å²) in [7, 11) is 3.40. The maximum absolute atomic E-state index is 5.56. The average molecular weight is 404 g/mol. The highest BCUT2D eigenvalue weighted by Crippen LogP contribution is 2.30. The molecule has 1 aromatic heterocycles. The van der Waals surface area contributed by atoms with Crippen LogP contribution in [0.3, 0.4) is 0 Å². The van der Waals surface area contributed by atoms with Crippen LogP contribution >= 0.6 is 11.3 Å². The van der Waals surface area contributed by atoms with Crippen molar-refractivity contribution in [2.24, 2.45) is 4.99 Å². The van der Waals surface area contributed by atoms with E-state index in [2.05, 4.69) is 25.9 Å². The van der Waals surface area contributed by atoms with Gasteiger partial charge in [-0.2, -0.15) is 0 Å². The van der Waals surface area contributed by atoms with Crippen LogP contribution < -0.4 is 25.0 Å². The van der Waals surface area contributed by atoms with E-state index in [9.17, 15) is 0 Å². The molecular weight excluding hydrogens is 374 g/mol. The predicted octanol–water partition coefficient (Wildman–Crippen LogP) is 3.38. The van der Waals surface area contributed by atoms with Gasteiger partial charge in [-0.15, -0.1) is 11.3 Å². The Balaban J connectivity index is 1.51. The van der Waals surface area contributed by atoms with Crippen LogP contribution in [0.25, 0.3) is 0 Å². The van der Waals surface area contributed by atoms with Crippen LogP contribution in [-0.4, -0.2) is 51.3 Å². The Hall–Kier alpha value is -2.48. The van der Waals surface area contributed by atoms with Gasteiger partial charge < -0.3 is 25.0 Å². The van der Waals surface area contributed by atoms with Gasteiger partial charge in [0, 0.05) is 50.2 Å². The van der Waals surface area contributed by atoms with Crippen molar-refractivity contribution in [3.05, 3.63) is 29.3 Å². The fourth-order valence-corrected chi connectivity index (χ4v) is 4.02. The lowest BCUT2D eigenvalue weighted by atomic mass is 10.2. The van der Waals surface area contributed by atoms with Crippen LogP contribution in [0, 0.1) is 0 Å². The van der Waals surface area contributed by atoms with Crippen LogP contribution in [-0.2, 0) is 6.42 Å². The van der Waals surface area contributed by atoms with Gasteiger partial charge in [0.25, 0.3) is 0 Å². The molecule has 1 aromatic carbocycles. The summed E-state index contributed by atoms with van der Waals surface area (Å²) in [6.07, 6.45) is 3.40. The molecule has 3 rings (SSSR count). The smallest absolute Gasteiger partial charge is 0.195 e. The van der Waals surface area contributed by atoms with Gasteiger partial charge in [0.15, 0.2) is 22.6 Å². The summed E-state index contributed by atoms with van der Waals surface area (Å²) in [5.41, 5.74) is 2.01. The van der Waals surface area contributed by atoms with E-state index in [0.717, 1.165) is 48.3 Å². The molecule has 8 heteroatoms. The second kappa shape index (κ2) is 10.2. The van der Waals surface area contributed by atoms with E-state index >= 15 is 0 Å². The summed E-state index contributed by atoms with van der Waals surface area (Å²) in [6, 6.07) is 5.75. The Morgan fingerprint density at radius 1 is 1.29 bits per heavy atom. The minimum Gasteiger partial charge on any atom is -0.493 e. The number of guanidine groups is 1. The zero-order chi connectivity index (χ0) is 19.8. The van der Waals surface area contributed by atoms with Crippen molar-refractivity contribution in [1.29, 1.82) is 0 Å². The summed E-state index contributed by atoms with van der Waals surface area (Å²) in [4.78, 5) is 11.4. The number of aromatic nitrogens is 1. The number of thiazole rings is 1. The van der Waals surface area contributed by atoms with E-state index in [0.29, 0.717) is 18.3 Å². The number of nitrogens with one attached hydrogen (secondary N) is 2. The topological polar surface area (TPSA) is 71.0 Å². The molecule has 28 heavy (non-hydrogen) atoms. The number of nitrogens with zero attached hydrogens (tertiary/aromatic N) is 3. The first-order chi connectivity index (χ1) is 13.7. The highest BCUT2D eigenvalue weighted by atomic mass is 32.1. The van der Waals surface area contributed by atoms with Crippen molar-refractivity contribution in [2.45, 2.75) is 26.2 Å². The normalized spacial score (nSPS) is 14.2. The van der Waals surface area contributed by atoms with Crippen LogP contribution in [0.4, 0.5) is 10.8 Å². The first-order valence-electron chi connectivity index (χ1n) is 9.71. The number of anilines is 2. The van der Waals surface area contributed by atoms with Crippen LogP contribution in [0.1, 0.15) is 25.5 Å². The minimum absolute atomic E-state index is 0.600. The first-order valence-corrected chi connectivity index (χ1v) is 10.6. The number of methoxy groups -OCH3 is 1. The van der Waals surface area contributed by atoms with Gasteiger partial charge >= 0.3 is 0 Å². The van der Waals surface area contributed by atoms with Gasteiger partial charge in [0.1, 0.15) is 0 Å². The standard InChI is InChI=1S/C20H29N5O2S/c1-4-27-17-8-7-15(13-18(17)26-3)23-19(21-2)22-10-9-16-14-28-20(24-16)25-11-5-6-12-25/h7-8,13-14H,4-6,9-12H2,1-3H3,(H2,21,22,23). The summed E-state index contributed by atoms with van der Waals surface area (Å²) in [6.45, 7) is 5.58. The quantitative estimate of drug-likeness (QED) is 0.520. The molecule has 0 unspecified atom stereocenters. The van der Waals surface area contributed by atoms with Crippen LogP contribution in [0.15, 0.2) is 28.6 Å². The molecule has 0 atom stereocenters. The third-order valence-electron chi connectivity index (χ3n) is 4.54. The molecule has 152 valence electrons. The van der Waals surface area contributed by atoms with E-state index in [-0.39, 0.29) is 0 Å². The zero-order valence-electron chi connectivity index (χ0n) is 16.8. The Labute approximate surface area is 170 Å². The molecule has 7 nitrogen and oxygen atoms in total. The van der Waals surface area contributed by atoms with Gasteiger partial charge in [0.05, 0.1) is 19.4 Å². The molecule has 1 aliphatic heterocycles. The Bertz CT molecular complexity index is 787. The highest BCUT2D eigenvalue weighted by Gasteiger charge is 2.15. The lowest BCUT2D eigenvalue weighted by molar-refractivity contribution is 0.311. The number of rotatable bonds is 8. The van der Waals surface area contributed by atoms with Crippen molar-refractivity contribution in [2.75, 3.05) is 50.6 Å². The molecule has 0 amide bonds. The molecule has 2 N–H and O–H groups in total. The molecule has 2 aromatic rings. The summed E-state index contributed by atoms with van der Waals surface area (Å²) in [5.74, 6) is 2.14. The van der Waals surface area contributed by atoms with Crippen molar-refractivity contribution in [3.63, 3.8) is 0 Å². The molecule has 1 fully saturated rings. The lowest BCUT2D eigenvalue weighted by Gasteiger charge is -2.14. The van der Waals surface area contributed by atoms with E-state index < -0.39 is 0 Å². The second-order valence-electron chi connectivity index (χ2n) is 6.49. The lowest BCUT2D eigenvalue weighted by Crippen LogP contribution is -2.32. The Kier molecular flexibility index (Phi) is 7.36. The third-order valence-corrected chi connectivity index (χ3v) is 5.49. The highest BCUT2D eigenvalue weighted by molar-refractivity contribution is 7.13. The van der Waals surface area contributed by atoms with Crippen LogP contribution in [0.5, 0.6) is 11.5 Å². The molecule has 0 radical (unpaired) electrons. The van der Waals surface area contributed by atoms with Gasteiger partial charge in [-0.05, 0) is 31.9 Å². The number of aliphatic imine (C=N–C) groups is 1. The maximum atomic E-state index is 5.56. The predicted molar refractivity (Wildman–Crippen MR) is 116 cm³/mol. The molecule has 1 saturated heterocycles. The third kappa shape index (κ3) is 5.28. The first kappa shape index (κ1) is 20.3. The van der Waals surface area contributed by atoms with E-state index in [1.54, 1.807) is 25.5 Å². The molecule has 0 spiro atoms. The van der Waals surface area contributed by atoms with Gasteiger partial charge in [-0.3, -0.25) is 4.99 Å². The molecule has 1 aliphatic rings. The van der Waals surface area contributed by atoms with Crippen LogP contribution in [0.2, 0.25) is 0 Å². The van der Waals surface area contributed by atoms with Gasteiger partial charge in [0.2, 0.25) is 0 Å². The second-order valence-corrected chi connectivity index (χ2v) is 7.32. The zero-order valence-corrected chi connectivity index (χ0v) is 17.6. The van der Waals surface area contributed by atoms with E-state index in [1.807, 2.05) is 25.1 Å². The van der Waals surface area contributed by atoms with Gasteiger partial charge in [-0.25, -0.2) is 4.98 Å². The van der Waals surface area contributed by atoms with E-state index in [1.165, 1.54) is 12.8 Å². The molecule has 0 saturated carbocycles. The Morgan fingerprint density at radius 2 is 2.11 bits per heavy atom. The summed E-state index contributed by atoms with van der Waals surface area (Å²) in [5, 5.41) is 9.93. The van der Waals surface area contributed by atoms with Gasteiger partial charge in [-0.1, -0.05) is 0 Å². The van der Waals surface area contributed by atoms with E-state index in [4.69, 9.17) is 14.5 Å². The SMILES string of the molecule is CCOc1ccc(NC(=NC)NCCc2csc(N3CCCC3)n2)cc1OC. The number of benzene rings is 1. The summed E-state index contributed by atoms with van der Waals surface area (Å²) < 4.78 is 11.0. The fraction of sp³-hybridized carbons (Fsp3) is 0.500. The molecule has 2 heterocycles.